The van der Waals surface area contributed by atoms with E-state index < -0.39 is 0 Å². The maximum Gasteiger partial charge on any atom is 0.315 e. The highest BCUT2D eigenvalue weighted by Crippen LogP contribution is 2.19. The molecule has 2 rings (SSSR count). The highest BCUT2D eigenvalue weighted by molar-refractivity contribution is 7.98. The summed E-state index contributed by atoms with van der Waals surface area (Å²) in [5.41, 5.74) is 0. The number of rotatable bonds is 7. The Labute approximate surface area is 142 Å². The molecule has 0 bridgehead atoms. The van der Waals surface area contributed by atoms with Gasteiger partial charge in [-0.3, -0.25) is 4.90 Å². The quantitative estimate of drug-likeness (QED) is 0.801. The zero-order chi connectivity index (χ0) is 15.8. The lowest BCUT2D eigenvalue weighted by atomic mass is 9.98. The smallest absolute Gasteiger partial charge is 0.315 e. The van der Waals surface area contributed by atoms with E-state index in [0.717, 1.165) is 25.4 Å². The maximum absolute atomic E-state index is 11.9. The molecule has 2 N–H and O–H groups in total. The third-order valence-corrected chi connectivity index (χ3v) is 5.60. The van der Waals surface area contributed by atoms with Crippen LogP contribution in [0.2, 0.25) is 0 Å². The Morgan fingerprint density at radius 2 is 2.45 bits per heavy atom. The van der Waals surface area contributed by atoms with Gasteiger partial charge in [0.25, 0.3) is 0 Å². The number of hydrogen-bond donors (Lipinski definition) is 2. The van der Waals surface area contributed by atoms with Crippen molar-refractivity contribution in [3.05, 3.63) is 22.4 Å². The van der Waals surface area contributed by atoms with E-state index in [-0.39, 0.29) is 12.1 Å². The number of amides is 2. The summed E-state index contributed by atoms with van der Waals surface area (Å²) < 4.78 is 0. The van der Waals surface area contributed by atoms with E-state index in [0.29, 0.717) is 5.92 Å². The van der Waals surface area contributed by atoms with Crippen LogP contribution in [0.15, 0.2) is 17.5 Å². The lowest BCUT2D eigenvalue weighted by Crippen LogP contribution is -2.46. The molecular weight excluding hydrogens is 314 g/mol. The molecule has 0 spiro atoms. The summed E-state index contributed by atoms with van der Waals surface area (Å²) in [6.07, 6.45) is 4.49. The Morgan fingerprint density at radius 1 is 1.59 bits per heavy atom. The second kappa shape index (κ2) is 9.43. The van der Waals surface area contributed by atoms with Crippen molar-refractivity contribution in [2.24, 2.45) is 5.92 Å². The van der Waals surface area contributed by atoms with Crippen molar-refractivity contribution in [3.63, 3.8) is 0 Å². The van der Waals surface area contributed by atoms with Gasteiger partial charge in [0.05, 0.1) is 0 Å². The van der Waals surface area contributed by atoms with Crippen LogP contribution < -0.4 is 10.6 Å². The van der Waals surface area contributed by atoms with E-state index in [2.05, 4.69) is 39.3 Å². The monoisotopic (exact) mass is 341 g/mol. The molecule has 1 fully saturated rings. The Kier molecular flexibility index (Phi) is 7.55. The molecule has 124 valence electrons. The third kappa shape index (κ3) is 6.18. The number of urea groups is 1. The van der Waals surface area contributed by atoms with E-state index in [1.807, 2.05) is 18.3 Å². The zero-order valence-electron chi connectivity index (χ0n) is 13.5. The summed E-state index contributed by atoms with van der Waals surface area (Å²) in [6.45, 7) is 6.12. The minimum atomic E-state index is -0.0306. The minimum Gasteiger partial charge on any atom is -0.338 e. The van der Waals surface area contributed by atoms with E-state index in [4.69, 9.17) is 0 Å². The van der Waals surface area contributed by atoms with Crippen LogP contribution in [0.4, 0.5) is 4.79 Å². The number of carbonyl (C=O) groups is 1. The number of carbonyl (C=O) groups excluding carboxylic acids is 1. The van der Waals surface area contributed by atoms with Crippen molar-refractivity contribution in [1.82, 2.24) is 15.5 Å². The van der Waals surface area contributed by atoms with Crippen LogP contribution in [-0.2, 0) is 6.54 Å². The molecule has 0 aliphatic carbocycles. The molecule has 0 aromatic carbocycles. The van der Waals surface area contributed by atoms with Crippen LogP contribution in [0.25, 0.3) is 0 Å². The van der Waals surface area contributed by atoms with Crippen molar-refractivity contribution >= 4 is 29.1 Å². The summed E-state index contributed by atoms with van der Waals surface area (Å²) in [4.78, 5) is 15.8. The van der Waals surface area contributed by atoms with Crippen LogP contribution in [0.1, 0.15) is 24.6 Å². The fourth-order valence-electron chi connectivity index (χ4n) is 2.89. The maximum atomic E-state index is 11.9. The van der Waals surface area contributed by atoms with Crippen molar-refractivity contribution in [2.75, 3.05) is 31.6 Å². The minimum absolute atomic E-state index is 0.0306. The molecular formula is C16H27N3OS2. The first-order valence-corrected chi connectivity index (χ1v) is 10.2. The van der Waals surface area contributed by atoms with Crippen LogP contribution in [0.3, 0.4) is 0 Å². The van der Waals surface area contributed by atoms with Crippen LogP contribution in [-0.4, -0.2) is 48.6 Å². The lowest BCUT2D eigenvalue weighted by molar-refractivity contribution is 0.166. The van der Waals surface area contributed by atoms with Crippen LogP contribution in [0.5, 0.6) is 0 Å². The molecule has 2 unspecified atom stereocenters. The number of nitrogens with zero attached hydrogens (tertiary/aromatic N) is 1. The number of thioether (sulfide) groups is 1. The first-order valence-electron chi connectivity index (χ1n) is 7.95. The number of piperidine rings is 1. The SMILES string of the molecule is CSCC(C)NC(=O)NCC1CCCN(Cc2cccs2)C1. The Bertz CT molecular complexity index is 439. The molecule has 22 heavy (non-hydrogen) atoms. The summed E-state index contributed by atoms with van der Waals surface area (Å²) in [7, 11) is 0. The molecule has 0 radical (unpaired) electrons. The molecule has 0 saturated carbocycles. The van der Waals surface area contributed by atoms with Gasteiger partial charge < -0.3 is 10.6 Å². The van der Waals surface area contributed by atoms with Gasteiger partial charge in [-0.05, 0) is 49.9 Å². The van der Waals surface area contributed by atoms with E-state index in [1.54, 1.807) is 11.8 Å². The Morgan fingerprint density at radius 3 is 3.18 bits per heavy atom. The van der Waals surface area contributed by atoms with E-state index in [9.17, 15) is 4.79 Å². The van der Waals surface area contributed by atoms with Crippen molar-refractivity contribution < 1.29 is 4.79 Å². The molecule has 1 aromatic heterocycles. The molecule has 2 atom stereocenters. The summed E-state index contributed by atoms with van der Waals surface area (Å²) >= 11 is 3.58. The van der Waals surface area contributed by atoms with Crippen molar-refractivity contribution in [3.8, 4) is 0 Å². The molecule has 1 aliphatic rings. The van der Waals surface area contributed by atoms with Crippen molar-refractivity contribution in [1.29, 1.82) is 0 Å². The molecule has 1 saturated heterocycles. The van der Waals surface area contributed by atoms with Crippen LogP contribution >= 0.6 is 23.1 Å². The van der Waals surface area contributed by atoms with Gasteiger partial charge in [-0.25, -0.2) is 4.79 Å². The molecule has 1 aliphatic heterocycles. The van der Waals surface area contributed by atoms with Gasteiger partial charge in [0, 0.05) is 36.3 Å². The standard InChI is InChI=1S/C16H27N3OS2/c1-13(12-21-2)18-16(20)17-9-14-5-3-7-19(10-14)11-15-6-4-8-22-15/h4,6,8,13-14H,3,5,7,9-12H2,1-2H3,(H2,17,18,20). The second-order valence-electron chi connectivity index (χ2n) is 6.03. The van der Waals surface area contributed by atoms with Gasteiger partial charge in [-0.2, -0.15) is 11.8 Å². The van der Waals surface area contributed by atoms with Gasteiger partial charge in [-0.1, -0.05) is 6.07 Å². The number of likely N-dealkylation sites (tertiary alicyclic amines) is 1. The van der Waals surface area contributed by atoms with Gasteiger partial charge in [0.2, 0.25) is 0 Å². The third-order valence-electron chi connectivity index (χ3n) is 3.91. The van der Waals surface area contributed by atoms with Crippen molar-refractivity contribution in [2.45, 2.75) is 32.4 Å². The highest BCUT2D eigenvalue weighted by Gasteiger charge is 2.20. The lowest BCUT2D eigenvalue weighted by Gasteiger charge is -2.32. The first kappa shape index (κ1) is 17.6. The van der Waals surface area contributed by atoms with E-state index >= 15 is 0 Å². The largest absolute Gasteiger partial charge is 0.338 e. The molecule has 4 nitrogen and oxygen atoms in total. The summed E-state index contributed by atoms with van der Waals surface area (Å²) in [6, 6.07) is 4.50. The molecule has 2 amide bonds. The number of nitrogens with one attached hydrogen (secondary N) is 2. The number of hydrogen-bond acceptors (Lipinski definition) is 4. The Hall–Kier alpha value is -0.720. The highest BCUT2D eigenvalue weighted by atomic mass is 32.2. The molecule has 6 heteroatoms. The predicted molar refractivity (Wildman–Crippen MR) is 96.7 cm³/mol. The predicted octanol–water partition coefficient (Wildman–Crippen LogP) is 3.01. The molecule has 1 aromatic rings. The first-order chi connectivity index (χ1) is 10.7. The van der Waals surface area contributed by atoms with E-state index in [1.165, 1.54) is 24.3 Å². The van der Waals surface area contributed by atoms with Gasteiger partial charge in [0.15, 0.2) is 0 Å². The average Bonchev–Trinajstić information content (AvgIpc) is 2.99. The normalized spacial score (nSPS) is 20.5. The summed E-state index contributed by atoms with van der Waals surface area (Å²) in [5.74, 6) is 1.51. The fourth-order valence-corrected chi connectivity index (χ4v) is 4.22. The van der Waals surface area contributed by atoms with Gasteiger partial charge >= 0.3 is 6.03 Å². The summed E-state index contributed by atoms with van der Waals surface area (Å²) in [5, 5.41) is 8.16. The topological polar surface area (TPSA) is 44.4 Å². The average molecular weight is 342 g/mol. The zero-order valence-corrected chi connectivity index (χ0v) is 15.1. The fraction of sp³-hybridized carbons (Fsp3) is 0.688. The van der Waals surface area contributed by atoms with Gasteiger partial charge in [0.1, 0.15) is 0 Å². The van der Waals surface area contributed by atoms with Gasteiger partial charge in [-0.15, -0.1) is 11.3 Å². The molecule has 2 heterocycles. The second-order valence-corrected chi connectivity index (χ2v) is 7.98. The van der Waals surface area contributed by atoms with Crippen LogP contribution in [0, 0.1) is 5.92 Å². The Balaban J connectivity index is 1.68. The number of thiophene rings is 1.